The average Bonchev–Trinajstić information content (AvgIpc) is 1.68. The molecule has 0 aromatic heterocycles. The Bertz CT molecular complexity index is 49.2. The second kappa shape index (κ2) is 4.52. The molecule has 0 amide bonds. The van der Waals surface area contributed by atoms with Crippen molar-refractivity contribution in [3.63, 3.8) is 0 Å². The predicted octanol–water partition coefficient (Wildman–Crippen LogP) is -0.436. The van der Waals surface area contributed by atoms with Crippen molar-refractivity contribution >= 4 is 23.1 Å². The van der Waals surface area contributed by atoms with Gasteiger partial charge in [-0.05, 0) is 0 Å². The largest absolute Gasteiger partial charge is 0.344 e. The Morgan fingerprint density at radius 2 is 1.50 bits per heavy atom. The van der Waals surface area contributed by atoms with Crippen LogP contribution in [0.25, 0.3) is 0 Å². The molecular formula is C4H10MgO3. The lowest BCUT2D eigenvalue weighted by Gasteiger charge is -2.17. The summed E-state index contributed by atoms with van der Waals surface area (Å²) in [6.45, 7) is 1.41. The first-order valence-electron chi connectivity index (χ1n) is 1.95. The van der Waals surface area contributed by atoms with Crippen LogP contribution in [0.3, 0.4) is 0 Å². The molecule has 0 bridgehead atoms. The maximum atomic E-state index is 8.69. The van der Waals surface area contributed by atoms with Crippen molar-refractivity contribution < 1.29 is 14.6 Å². The predicted molar refractivity (Wildman–Crippen MR) is 30.4 cm³/mol. The van der Waals surface area contributed by atoms with Crippen molar-refractivity contribution in [3.05, 3.63) is 0 Å². The van der Waals surface area contributed by atoms with Crippen LogP contribution >= 0.6 is 0 Å². The third-order valence-corrected chi connectivity index (χ3v) is 0.757. The molecule has 0 heterocycles. The topological polar surface area (TPSA) is 38.7 Å². The maximum absolute atomic E-state index is 8.69. The highest BCUT2D eigenvalue weighted by molar-refractivity contribution is 5.75. The van der Waals surface area contributed by atoms with Gasteiger partial charge in [0.15, 0.2) is 0 Å². The van der Waals surface area contributed by atoms with E-state index in [1.54, 1.807) is 0 Å². The van der Waals surface area contributed by atoms with Crippen molar-refractivity contribution in [2.75, 3.05) is 14.2 Å². The fourth-order valence-electron chi connectivity index (χ4n) is 0.0833. The van der Waals surface area contributed by atoms with E-state index in [2.05, 4.69) is 9.47 Å². The van der Waals surface area contributed by atoms with E-state index >= 15 is 0 Å². The maximum Gasteiger partial charge on any atom is 0.276 e. The van der Waals surface area contributed by atoms with Crippen LogP contribution in [-0.4, -0.2) is 48.4 Å². The second-order valence-electron chi connectivity index (χ2n) is 1.31. The van der Waals surface area contributed by atoms with Crippen LogP contribution in [0.2, 0.25) is 0 Å². The standard InChI is InChI=1S/C4H10O3.Mg/c1-4(5,6-2)7-3;/h5H,1-3H3;. The minimum atomic E-state index is -1.42. The van der Waals surface area contributed by atoms with E-state index in [9.17, 15) is 0 Å². The zero-order valence-electron chi connectivity index (χ0n) is 5.47. The Morgan fingerprint density at radius 1 is 1.25 bits per heavy atom. The minimum absolute atomic E-state index is 0. The highest BCUT2D eigenvalue weighted by Crippen LogP contribution is 2.01. The number of aliphatic hydroxyl groups is 1. The van der Waals surface area contributed by atoms with Gasteiger partial charge in [-0.15, -0.1) is 0 Å². The lowest BCUT2D eigenvalue weighted by atomic mass is 10.7. The molecule has 1 N–H and O–H groups in total. The molecule has 0 aliphatic heterocycles. The Morgan fingerprint density at radius 3 is 1.50 bits per heavy atom. The first kappa shape index (κ1) is 11.4. The molecular weight excluding hydrogens is 120 g/mol. The van der Waals surface area contributed by atoms with Crippen LogP contribution in [0, 0.1) is 0 Å². The molecule has 0 aromatic carbocycles. The van der Waals surface area contributed by atoms with Gasteiger partial charge >= 0.3 is 0 Å². The van der Waals surface area contributed by atoms with Crippen LogP contribution in [0.1, 0.15) is 6.92 Å². The highest BCUT2D eigenvalue weighted by atomic mass is 24.3. The fraction of sp³-hybridized carbons (Fsp3) is 1.00. The van der Waals surface area contributed by atoms with Gasteiger partial charge in [-0.25, -0.2) is 0 Å². The van der Waals surface area contributed by atoms with Gasteiger partial charge in [0.2, 0.25) is 0 Å². The summed E-state index contributed by atoms with van der Waals surface area (Å²) in [5.41, 5.74) is 0. The van der Waals surface area contributed by atoms with E-state index in [0.717, 1.165) is 0 Å². The molecule has 0 spiro atoms. The molecule has 4 heteroatoms. The van der Waals surface area contributed by atoms with E-state index in [0.29, 0.717) is 0 Å². The summed E-state index contributed by atoms with van der Waals surface area (Å²) in [4.78, 5) is 0. The quantitative estimate of drug-likeness (QED) is 0.407. The van der Waals surface area contributed by atoms with E-state index in [-0.39, 0.29) is 23.1 Å². The zero-order chi connectivity index (χ0) is 5.91. The Balaban J connectivity index is 0. The molecule has 0 saturated carbocycles. The molecule has 2 radical (unpaired) electrons. The monoisotopic (exact) mass is 130 g/mol. The summed E-state index contributed by atoms with van der Waals surface area (Å²) >= 11 is 0. The van der Waals surface area contributed by atoms with Gasteiger partial charge in [-0.2, -0.15) is 0 Å². The Labute approximate surface area is 65.1 Å². The van der Waals surface area contributed by atoms with Crippen LogP contribution in [0.15, 0.2) is 0 Å². The van der Waals surface area contributed by atoms with Crippen molar-refractivity contribution in [1.29, 1.82) is 0 Å². The SMILES string of the molecule is COC(C)(O)OC.[Mg]. The molecule has 0 aliphatic carbocycles. The number of methoxy groups -OCH3 is 2. The smallest absolute Gasteiger partial charge is 0.276 e. The molecule has 0 atom stereocenters. The Hall–Kier alpha value is 0.646. The summed E-state index contributed by atoms with van der Waals surface area (Å²) in [6, 6.07) is 0. The molecule has 0 rings (SSSR count). The van der Waals surface area contributed by atoms with Crippen molar-refractivity contribution in [1.82, 2.24) is 0 Å². The van der Waals surface area contributed by atoms with Gasteiger partial charge in [-0.1, -0.05) is 0 Å². The molecule has 46 valence electrons. The third-order valence-electron chi connectivity index (χ3n) is 0.757. The summed E-state index contributed by atoms with van der Waals surface area (Å²) in [7, 11) is 2.73. The normalized spacial score (nSPS) is 10.5. The van der Waals surface area contributed by atoms with Crippen molar-refractivity contribution in [2.24, 2.45) is 0 Å². The van der Waals surface area contributed by atoms with E-state index in [1.165, 1.54) is 21.1 Å². The summed E-state index contributed by atoms with van der Waals surface area (Å²) < 4.78 is 8.84. The fourth-order valence-corrected chi connectivity index (χ4v) is 0.0833. The van der Waals surface area contributed by atoms with E-state index in [1.807, 2.05) is 0 Å². The Kier molecular flexibility index (Phi) is 6.46. The average molecular weight is 130 g/mol. The first-order valence-corrected chi connectivity index (χ1v) is 1.95. The van der Waals surface area contributed by atoms with Crippen LogP contribution < -0.4 is 0 Å². The molecule has 3 nitrogen and oxygen atoms in total. The van der Waals surface area contributed by atoms with Crippen molar-refractivity contribution in [2.45, 2.75) is 12.9 Å². The van der Waals surface area contributed by atoms with Gasteiger partial charge in [0.25, 0.3) is 5.97 Å². The zero-order valence-corrected chi connectivity index (χ0v) is 6.89. The molecule has 0 aromatic rings. The molecule has 0 saturated heterocycles. The summed E-state index contributed by atoms with van der Waals surface area (Å²) in [5, 5.41) is 8.69. The first-order chi connectivity index (χ1) is 3.12. The van der Waals surface area contributed by atoms with E-state index < -0.39 is 5.97 Å². The summed E-state index contributed by atoms with van der Waals surface area (Å²) in [5.74, 6) is -1.42. The van der Waals surface area contributed by atoms with Crippen LogP contribution in [-0.2, 0) is 9.47 Å². The van der Waals surface area contributed by atoms with Gasteiger partial charge in [-0.3, -0.25) is 0 Å². The van der Waals surface area contributed by atoms with E-state index in [4.69, 9.17) is 5.11 Å². The lowest BCUT2D eigenvalue weighted by Crippen LogP contribution is -2.28. The minimum Gasteiger partial charge on any atom is -0.344 e. The number of hydrogen-bond acceptors (Lipinski definition) is 3. The van der Waals surface area contributed by atoms with Gasteiger partial charge < -0.3 is 14.6 Å². The summed E-state index contributed by atoms with van der Waals surface area (Å²) in [6.07, 6.45) is 0. The van der Waals surface area contributed by atoms with Crippen molar-refractivity contribution in [3.8, 4) is 0 Å². The molecule has 0 unspecified atom stereocenters. The lowest BCUT2D eigenvalue weighted by molar-refractivity contribution is -0.326. The van der Waals surface area contributed by atoms with Gasteiger partial charge in [0.05, 0.1) is 0 Å². The number of rotatable bonds is 2. The third kappa shape index (κ3) is 4.80. The molecule has 8 heavy (non-hydrogen) atoms. The van der Waals surface area contributed by atoms with Crippen LogP contribution in [0.5, 0.6) is 0 Å². The van der Waals surface area contributed by atoms with Crippen LogP contribution in [0.4, 0.5) is 0 Å². The highest BCUT2D eigenvalue weighted by Gasteiger charge is 2.15. The number of hydrogen-bond donors (Lipinski definition) is 1. The molecule has 0 aliphatic rings. The van der Waals surface area contributed by atoms with Gasteiger partial charge in [0.1, 0.15) is 0 Å². The molecule has 0 fully saturated rings. The van der Waals surface area contributed by atoms with Gasteiger partial charge in [0, 0.05) is 44.2 Å². The number of ether oxygens (including phenoxy) is 2. The second-order valence-corrected chi connectivity index (χ2v) is 1.31.